The van der Waals surface area contributed by atoms with Crippen molar-refractivity contribution in [3.05, 3.63) is 0 Å². The molecule has 2 saturated carbocycles. The number of nitrogens with zero attached hydrogens (tertiary/aromatic N) is 1. The first-order valence-electron chi connectivity index (χ1n) is 7.31. The predicted octanol–water partition coefficient (Wildman–Crippen LogP) is 2.05. The smallest absolute Gasteiger partial charge is 0.242 e. The fourth-order valence-corrected chi connectivity index (χ4v) is 3.93. The van der Waals surface area contributed by atoms with Gasteiger partial charge in [0.2, 0.25) is 5.91 Å². The van der Waals surface area contributed by atoms with E-state index >= 15 is 0 Å². The minimum absolute atomic E-state index is 0.262. The molecule has 96 valence electrons. The molecule has 2 N–H and O–H groups in total. The number of rotatable bonds is 2. The van der Waals surface area contributed by atoms with Crippen LogP contribution in [0.5, 0.6) is 0 Å². The summed E-state index contributed by atoms with van der Waals surface area (Å²) in [5.74, 6) is 1.03. The number of hydrogen-bond acceptors (Lipinski definition) is 2. The first-order chi connectivity index (χ1) is 8.21. The van der Waals surface area contributed by atoms with E-state index in [1.165, 1.54) is 38.5 Å². The molecule has 0 radical (unpaired) electrons. The molecule has 0 aromatic heterocycles. The van der Waals surface area contributed by atoms with Gasteiger partial charge in [-0.1, -0.05) is 12.8 Å². The van der Waals surface area contributed by atoms with E-state index in [-0.39, 0.29) is 5.91 Å². The maximum Gasteiger partial charge on any atom is 0.242 e. The van der Waals surface area contributed by atoms with Crippen LogP contribution in [0.4, 0.5) is 0 Å². The molecule has 0 spiro atoms. The van der Waals surface area contributed by atoms with Crippen LogP contribution in [0.15, 0.2) is 0 Å². The van der Waals surface area contributed by atoms with Gasteiger partial charge in [-0.25, -0.2) is 0 Å². The van der Waals surface area contributed by atoms with Gasteiger partial charge in [-0.05, 0) is 50.9 Å². The van der Waals surface area contributed by atoms with Crippen molar-refractivity contribution in [1.29, 1.82) is 0 Å². The molecule has 1 aliphatic heterocycles. The van der Waals surface area contributed by atoms with Gasteiger partial charge in [0, 0.05) is 12.6 Å². The molecule has 3 heteroatoms. The highest BCUT2D eigenvalue weighted by Gasteiger charge is 2.46. The van der Waals surface area contributed by atoms with Gasteiger partial charge >= 0.3 is 0 Å². The maximum absolute atomic E-state index is 12.5. The lowest BCUT2D eigenvalue weighted by atomic mass is 9.76. The minimum Gasteiger partial charge on any atom is -0.338 e. The quantitative estimate of drug-likeness (QED) is 0.797. The highest BCUT2D eigenvalue weighted by atomic mass is 16.2. The Morgan fingerprint density at radius 3 is 2.35 bits per heavy atom. The second-order valence-corrected chi connectivity index (χ2v) is 6.26. The lowest BCUT2D eigenvalue weighted by Gasteiger charge is -2.42. The van der Waals surface area contributed by atoms with Crippen LogP contribution in [-0.4, -0.2) is 28.9 Å². The van der Waals surface area contributed by atoms with Gasteiger partial charge in [-0.2, -0.15) is 0 Å². The van der Waals surface area contributed by atoms with Crippen molar-refractivity contribution in [2.24, 2.45) is 11.7 Å². The van der Waals surface area contributed by atoms with Crippen molar-refractivity contribution in [2.75, 3.05) is 6.54 Å². The number of hydrogen-bond donors (Lipinski definition) is 1. The zero-order valence-corrected chi connectivity index (χ0v) is 10.7. The maximum atomic E-state index is 12.5. The summed E-state index contributed by atoms with van der Waals surface area (Å²) in [7, 11) is 0. The average molecular weight is 236 g/mol. The molecule has 3 fully saturated rings. The molecular formula is C14H24N2O. The molecule has 3 aliphatic rings. The van der Waals surface area contributed by atoms with Gasteiger partial charge < -0.3 is 10.6 Å². The fraction of sp³-hybridized carbons (Fsp3) is 0.929. The van der Waals surface area contributed by atoms with E-state index in [1.807, 2.05) is 0 Å². The predicted molar refractivity (Wildman–Crippen MR) is 67.5 cm³/mol. The Labute approximate surface area is 104 Å². The fourth-order valence-electron chi connectivity index (χ4n) is 3.93. The van der Waals surface area contributed by atoms with Crippen molar-refractivity contribution >= 4 is 5.91 Å². The number of carbonyl (C=O) groups excluding carboxylic acids is 1. The summed E-state index contributed by atoms with van der Waals surface area (Å²) in [6.07, 6.45) is 10.7. The average Bonchev–Trinajstić information content (AvgIpc) is 2.93. The van der Waals surface area contributed by atoms with Gasteiger partial charge in [0.25, 0.3) is 0 Å². The molecule has 2 aliphatic carbocycles. The second kappa shape index (κ2) is 4.27. The molecule has 0 aromatic carbocycles. The van der Waals surface area contributed by atoms with E-state index in [1.54, 1.807) is 0 Å². The van der Waals surface area contributed by atoms with Crippen molar-refractivity contribution in [3.63, 3.8) is 0 Å². The largest absolute Gasteiger partial charge is 0.338 e. The molecule has 3 rings (SSSR count). The summed E-state index contributed by atoms with van der Waals surface area (Å²) in [6, 6.07) is 0.519. The second-order valence-electron chi connectivity index (χ2n) is 6.26. The molecule has 1 saturated heterocycles. The van der Waals surface area contributed by atoms with Crippen molar-refractivity contribution in [3.8, 4) is 0 Å². The Kier molecular flexibility index (Phi) is 2.89. The Morgan fingerprint density at radius 1 is 1.06 bits per heavy atom. The van der Waals surface area contributed by atoms with Gasteiger partial charge in [0.1, 0.15) is 0 Å². The topological polar surface area (TPSA) is 46.3 Å². The van der Waals surface area contributed by atoms with Crippen LogP contribution in [0.3, 0.4) is 0 Å². The molecular weight excluding hydrogens is 212 g/mol. The highest BCUT2D eigenvalue weighted by Crippen LogP contribution is 2.38. The van der Waals surface area contributed by atoms with Crippen LogP contribution in [0.2, 0.25) is 0 Å². The summed E-state index contributed by atoms with van der Waals surface area (Å²) in [5, 5.41) is 0. The Bertz CT molecular complexity index is 305. The summed E-state index contributed by atoms with van der Waals surface area (Å²) < 4.78 is 0. The van der Waals surface area contributed by atoms with E-state index < -0.39 is 5.54 Å². The van der Waals surface area contributed by atoms with Crippen LogP contribution < -0.4 is 5.73 Å². The van der Waals surface area contributed by atoms with E-state index in [0.717, 1.165) is 31.7 Å². The van der Waals surface area contributed by atoms with Crippen molar-refractivity contribution < 1.29 is 4.79 Å². The SMILES string of the molecule is NC1(C(=O)N2CCCC2C2CCCC2)CCC1. The van der Waals surface area contributed by atoms with Crippen molar-refractivity contribution in [2.45, 2.75) is 69.4 Å². The van der Waals surface area contributed by atoms with Gasteiger partial charge in [-0.15, -0.1) is 0 Å². The molecule has 3 nitrogen and oxygen atoms in total. The third kappa shape index (κ3) is 1.88. The number of carbonyl (C=O) groups is 1. The normalized spacial score (nSPS) is 32.8. The number of likely N-dealkylation sites (tertiary alicyclic amines) is 1. The first kappa shape index (κ1) is 11.5. The third-order valence-corrected chi connectivity index (χ3v) is 5.18. The summed E-state index contributed by atoms with van der Waals surface area (Å²) in [6.45, 7) is 0.957. The number of amides is 1. The zero-order valence-electron chi connectivity index (χ0n) is 10.7. The van der Waals surface area contributed by atoms with E-state index in [2.05, 4.69) is 4.90 Å². The van der Waals surface area contributed by atoms with E-state index in [4.69, 9.17) is 5.73 Å². The summed E-state index contributed by atoms with van der Waals surface area (Å²) in [5.41, 5.74) is 5.71. The Morgan fingerprint density at radius 2 is 1.76 bits per heavy atom. The molecule has 0 aromatic rings. The minimum atomic E-state index is -0.485. The Hall–Kier alpha value is -0.570. The molecule has 1 amide bonds. The van der Waals surface area contributed by atoms with Crippen LogP contribution >= 0.6 is 0 Å². The van der Waals surface area contributed by atoms with Crippen LogP contribution in [0.1, 0.15) is 57.8 Å². The van der Waals surface area contributed by atoms with Crippen molar-refractivity contribution in [1.82, 2.24) is 4.90 Å². The van der Waals surface area contributed by atoms with Crippen LogP contribution in [0.25, 0.3) is 0 Å². The van der Waals surface area contributed by atoms with Crippen LogP contribution in [0, 0.1) is 5.92 Å². The molecule has 17 heavy (non-hydrogen) atoms. The lowest BCUT2D eigenvalue weighted by molar-refractivity contribution is -0.142. The van der Waals surface area contributed by atoms with Crippen LogP contribution in [-0.2, 0) is 4.79 Å². The van der Waals surface area contributed by atoms with Gasteiger partial charge in [0.05, 0.1) is 5.54 Å². The molecule has 0 bridgehead atoms. The highest BCUT2D eigenvalue weighted by molar-refractivity contribution is 5.87. The standard InChI is InChI=1S/C14H24N2O/c15-14(8-4-9-14)13(17)16-10-3-7-12(16)11-5-1-2-6-11/h11-12H,1-10,15H2. The lowest BCUT2D eigenvalue weighted by Crippen LogP contribution is -2.60. The van der Waals surface area contributed by atoms with Gasteiger partial charge in [-0.3, -0.25) is 4.79 Å². The van der Waals surface area contributed by atoms with E-state index in [0.29, 0.717) is 6.04 Å². The summed E-state index contributed by atoms with van der Waals surface area (Å²) in [4.78, 5) is 14.7. The zero-order chi connectivity index (χ0) is 11.9. The molecule has 1 atom stereocenters. The molecule has 1 unspecified atom stereocenters. The first-order valence-corrected chi connectivity index (χ1v) is 7.31. The van der Waals surface area contributed by atoms with E-state index in [9.17, 15) is 4.79 Å². The third-order valence-electron chi connectivity index (χ3n) is 5.18. The molecule has 1 heterocycles. The Balaban J connectivity index is 1.70. The number of nitrogens with two attached hydrogens (primary N) is 1. The van der Waals surface area contributed by atoms with Gasteiger partial charge in [0.15, 0.2) is 0 Å². The monoisotopic (exact) mass is 236 g/mol. The summed E-state index contributed by atoms with van der Waals surface area (Å²) >= 11 is 0.